The standard InChI is InChI=1S/C12H17NO4/c1-3-4-5-6-9(15)11-10(16)7-13(8(2)14)12(11)17/h15H,3-7H2,1-2H3/b11-9-. The lowest BCUT2D eigenvalue weighted by molar-refractivity contribution is -0.139. The molecule has 1 aliphatic heterocycles. The second kappa shape index (κ2) is 5.61. The zero-order valence-electron chi connectivity index (χ0n) is 10.2. The number of amides is 2. The molecule has 0 saturated carbocycles. The second-order valence-electron chi connectivity index (χ2n) is 4.11. The van der Waals surface area contributed by atoms with Crippen LogP contribution in [0.4, 0.5) is 0 Å². The van der Waals surface area contributed by atoms with Crippen LogP contribution in [-0.2, 0) is 14.4 Å². The number of aliphatic hydroxyl groups excluding tert-OH is 1. The van der Waals surface area contributed by atoms with Crippen LogP contribution in [0, 0.1) is 0 Å². The van der Waals surface area contributed by atoms with Gasteiger partial charge in [0.2, 0.25) is 5.91 Å². The fourth-order valence-electron chi connectivity index (χ4n) is 1.75. The van der Waals surface area contributed by atoms with Crippen LogP contribution in [0.1, 0.15) is 39.5 Å². The second-order valence-corrected chi connectivity index (χ2v) is 4.11. The Labute approximate surface area is 100 Å². The number of Topliss-reactive ketones (excluding diaryl/α,β-unsaturated/α-hetero) is 1. The van der Waals surface area contributed by atoms with Gasteiger partial charge in [0.15, 0.2) is 5.78 Å². The summed E-state index contributed by atoms with van der Waals surface area (Å²) in [5.74, 6) is -1.80. The van der Waals surface area contributed by atoms with E-state index in [0.29, 0.717) is 6.42 Å². The van der Waals surface area contributed by atoms with E-state index in [1.165, 1.54) is 6.92 Å². The zero-order chi connectivity index (χ0) is 13.0. The van der Waals surface area contributed by atoms with Gasteiger partial charge in [0.25, 0.3) is 5.91 Å². The smallest absolute Gasteiger partial charge is 0.267 e. The number of imide groups is 1. The van der Waals surface area contributed by atoms with Gasteiger partial charge in [-0.05, 0) is 6.42 Å². The maximum Gasteiger partial charge on any atom is 0.267 e. The third-order valence-electron chi connectivity index (χ3n) is 2.73. The summed E-state index contributed by atoms with van der Waals surface area (Å²) < 4.78 is 0. The molecule has 1 N–H and O–H groups in total. The van der Waals surface area contributed by atoms with Gasteiger partial charge >= 0.3 is 0 Å². The van der Waals surface area contributed by atoms with Gasteiger partial charge < -0.3 is 5.11 Å². The molecule has 0 unspecified atom stereocenters. The number of hydrogen-bond acceptors (Lipinski definition) is 4. The highest BCUT2D eigenvalue weighted by atomic mass is 16.3. The number of carbonyl (C=O) groups is 3. The molecule has 0 aromatic rings. The lowest BCUT2D eigenvalue weighted by atomic mass is 10.1. The molecule has 0 spiro atoms. The lowest BCUT2D eigenvalue weighted by Crippen LogP contribution is -2.30. The van der Waals surface area contributed by atoms with E-state index in [-0.39, 0.29) is 17.9 Å². The predicted molar refractivity (Wildman–Crippen MR) is 61.2 cm³/mol. The lowest BCUT2D eigenvalue weighted by Gasteiger charge is -2.08. The molecule has 0 aliphatic carbocycles. The maximum absolute atomic E-state index is 11.7. The van der Waals surface area contributed by atoms with E-state index < -0.39 is 17.6 Å². The highest BCUT2D eigenvalue weighted by Crippen LogP contribution is 2.20. The quantitative estimate of drug-likeness (QED) is 0.347. The van der Waals surface area contributed by atoms with Crippen LogP contribution in [0.25, 0.3) is 0 Å². The number of ketones is 1. The van der Waals surface area contributed by atoms with Gasteiger partial charge in [0, 0.05) is 13.3 Å². The largest absolute Gasteiger partial charge is 0.511 e. The summed E-state index contributed by atoms with van der Waals surface area (Å²) in [6.07, 6.45) is 2.96. The minimum Gasteiger partial charge on any atom is -0.511 e. The van der Waals surface area contributed by atoms with Crippen molar-refractivity contribution in [2.75, 3.05) is 6.54 Å². The molecule has 0 aromatic heterocycles. The SMILES string of the molecule is CCCCC/C(O)=C1\C(=O)CN(C(C)=O)C1=O. The minimum absolute atomic E-state index is 0.183. The van der Waals surface area contributed by atoms with E-state index in [2.05, 4.69) is 0 Å². The molecular weight excluding hydrogens is 222 g/mol. The Morgan fingerprint density at radius 1 is 1.35 bits per heavy atom. The molecule has 1 rings (SSSR count). The monoisotopic (exact) mass is 239 g/mol. The Kier molecular flexibility index (Phi) is 4.43. The summed E-state index contributed by atoms with van der Waals surface area (Å²) in [7, 11) is 0. The van der Waals surface area contributed by atoms with Gasteiger partial charge in [-0.15, -0.1) is 0 Å². The molecular formula is C12H17NO4. The van der Waals surface area contributed by atoms with E-state index in [1.54, 1.807) is 0 Å². The molecule has 5 nitrogen and oxygen atoms in total. The number of carbonyl (C=O) groups excluding carboxylic acids is 3. The Hall–Kier alpha value is -1.65. The summed E-state index contributed by atoms with van der Waals surface area (Å²) in [4.78, 5) is 35.2. The predicted octanol–water partition coefficient (Wildman–Crippen LogP) is 1.34. The van der Waals surface area contributed by atoms with Crippen LogP contribution >= 0.6 is 0 Å². The molecule has 1 saturated heterocycles. The summed E-state index contributed by atoms with van der Waals surface area (Å²) in [5, 5.41) is 9.72. The van der Waals surface area contributed by atoms with Gasteiger partial charge in [-0.2, -0.15) is 0 Å². The number of nitrogens with zero attached hydrogens (tertiary/aromatic N) is 1. The van der Waals surface area contributed by atoms with Crippen molar-refractivity contribution in [1.82, 2.24) is 4.90 Å². The molecule has 2 amide bonds. The first-order chi connectivity index (χ1) is 7.99. The van der Waals surface area contributed by atoms with Crippen molar-refractivity contribution in [2.45, 2.75) is 39.5 Å². The topological polar surface area (TPSA) is 74.7 Å². The summed E-state index contributed by atoms with van der Waals surface area (Å²) >= 11 is 0. The van der Waals surface area contributed by atoms with Crippen LogP contribution < -0.4 is 0 Å². The number of rotatable bonds is 4. The van der Waals surface area contributed by atoms with Crippen LogP contribution in [0.5, 0.6) is 0 Å². The highest BCUT2D eigenvalue weighted by Gasteiger charge is 2.38. The number of unbranched alkanes of at least 4 members (excludes halogenated alkanes) is 2. The molecule has 17 heavy (non-hydrogen) atoms. The van der Waals surface area contributed by atoms with E-state index in [0.717, 1.165) is 24.2 Å². The van der Waals surface area contributed by atoms with Gasteiger partial charge in [0.05, 0.1) is 6.54 Å². The van der Waals surface area contributed by atoms with E-state index >= 15 is 0 Å². The number of allylic oxidation sites excluding steroid dienone is 1. The summed E-state index contributed by atoms with van der Waals surface area (Å²) in [6.45, 7) is 3.00. The van der Waals surface area contributed by atoms with E-state index in [4.69, 9.17) is 0 Å². The number of aliphatic hydroxyl groups is 1. The maximum atomic E-state index is 11.7. The molecule has 5 heteroatoms. The molecule has 1 heterocycles. The van der Waals surface area contributed by atoms with Crippen LogP contribution in [0.2, 0.25) is 0 Å². The molecule has 0 aromatic carbocycles. The normalized spacial score (nSPS) is 18.8. The van der Waals surface area contributed by atoms with E-state index in [1.807, 2.05) is 6.92 Å². The molecule has 94 valence electrons. The zero-order valence-corrected chi connectivity index (χ0v) is 10.2. The average molecular weight is 239 g/mol. The van der Waals surface area contributed by atoms with Crippen LogP contribution in [-0.4, -0.2) is 34.1 Å². The summed E-state index contributed by atoms with van der Waals surface area (Å²) in [5.41, 5.74) is -0.212. The molecule has 0 radical (unpaired) electrons. The Morgan fingerprint density at radius 2 is 2.00 bits per heavy atom. The molecule has 1 aliphatic rings. The van der Waals surface area contributed by atoms with E-state index in [9.17, 15) is 19.5 Å². The molecule has 1 fully saturated rings. The summed E-state index contributed by atoms with van der Waals surface area (Å²) in [6, 6.07) is 0. The van der Waals surface area contributed by atoms with Gasteiger partial charge in [-0.25, -0.2) is 0 Å². The average Bonchev–Trinajstić information content (AvgIpc) is 2.54. The third kappa shape index (κ3) is 2.93. The molecule has 0 atom stereocenters. The third-order valence-corrected chi connectivity index (χ3v) is 2.73. The van der Waals surface area contributed by atoms with Gasteiger partial charge in [-0.3, -0.25) is 19.3 Å². The minimum atomic E-state index is -0.670. The van der Waals surface area contributed by atoms with Crippen molar-refractivity contribution in [2.24, 2.45) is 0 Å². The van der Waals surface area contributed by atoms with Crippen LogP contribution in [0.3, 0.4) is 0 Å². The van der Waals surface area contributed by atoms with Gasteiger partial charge in [-0.1, -0.05) is 19.8 Å². The first-order valence-electron chi connectivity index (χ1n) is 5.76. The Morgan fingerprint density at radius 3 is 2.47 bits per heavy atom. The first kappa shape index (κ1) is 13.4. The number of likely N-dealkylation sites (tertiary alicyclic amines) is 1. The van der Waals surface area contributed by atoms with Crippen molar-refractivity contribution < 1.29 is 19.5 Å². The van der Waals surface area contributed by atoms with Crippen molar-refractivity contribution in [3.8, 4) is 0 Å². The van der Waals surface area contributed by atoms with Crippen molar-refractivity contribution in [1.29, 1.82) is 0 Å². The highest BCUT2D eigenvalue weighted by molar-refractivity contribution is 6.28. The first-order valence-corrected chi connectivity index (χ1v) is 5.76. The van der Waals surface area contributed by atoms with Crippen molar-refractivity contribution in [3.05, 3.63) is 11.3 Å². The van der Waals surface area contributed by atoms with Crippen LogP contribution in [0.15, 0.2) is 11.3 Å². The Balaban J connectivity index is 2.82. The van der Waals surface area contributed by atoms with Crippen molar-refractivity contribution >= 4 is 17.6 Å². The Bertz CT molecular complexity index is 384. The van der Waals surface area contributed by atoms with Crippen molar-refractivity contribution in [3.63, 3.8) is 0 Å². The molecule has 0 bridgehead atoms. The van der Waals surface area contributed by atoms with Gasteiger partial charge in [0.1, 0.15) is 11.3 Å². The fraction of sp³-hybridized carbons (Fsp3) is 0.583. The fourth-order valence-corrected chi connectivity index (χ4v) is 1.75. The number of hydrogen-bond donors (Lipinski definition) is 1.